The lowest BCUT2D eigenvalue weighted by molar-refractivity contribution is 0.0957. The van der Waals surface area contributed by atoms with Gasteiger partial charge >= 0.3 is 0 Å². The molecule has 136 valence electrons. The normalized spacial score (nSPS) is 18.9. The molecule has 0 unspecified atom stereocenters. The number of hydrogen-bond acceptors (Lipinski definition) is 4. The number of nitrogens with zero attached hydrogens (tertiary/aromatic N) is 4. The molecular weight excluding hydrogens is 326 g/mol. The number of rotatable bonds is 4. The number of likely N-dealkylation sites (tertiary alicyclic amines) is 1. The molecule has 26 heavy (non-hydrogen) atoms. The average molecular weight is 351 g/mol. The summed E-state index contributed by atoms with van der Waals surface area (Å²) in [6.07, 6.45) is 7.95. The summed E-state index contributed by atoms with van der Waals surface area (Å²) in [5, 5.41) is 9.99. The topological polar surface area (TPSA) is 59.0 Å². The van der Waals surface area contributed by atoms with Gasteiger partial charge in [0.2, 0.25) is 0 Å². The predicted molar refractivity (Wildman–Crippen MR) is 100 cm³/mol. The van der Waals surface area contributed by atoms with Crippen LogP contribution in [-0.4, -0.2) is 43.8 Å². The van der Waals surface area contributed by atoms with Crippen LogP contribution in [0.15, 0.2) is 30.5 Å². The minimum absolute atomic E-state index is 0.291. The van der Waals surface area contributed by atoms with Gasteiger partial charge in [0.15, 0.2) is 0 Å². The van der Waals surface area contributed by atoms with E-state index in [9.17, 15) is 0 Å². The molecule has 1 saturated heterocycles. The van der Waals surface area contributed by atoms with Crippen LogP contribution in [0.3, 0.4) is 0 Å². The fourth-order valence-electron chi connectivity index (χ4n) is 4.21. The molecule has 2 aliphatic rings. The van der Waals surface area contributed by atoms with Crippen molar-refractivity contribution < 1.29 is 4.74 Å². The molecule has 6 heteroatoms. The van der Waals surface area contributed by atoms with Crippen LogP contribution in [0, 0.1) is 0 Å². The second kappa shape index (κ2) is 6.76. The molecule has 6 nitrogen and oxygen atoms in total. The Labute approximate surface area is 153 Å². The summed E-state index contributed by atoms with van der Waals surface area (Å²) in [4.78, 5) is 5.74. The van der Waals surface area contributed by atoms with Gasteiger partial charge in [-0.15, -0.1) is 10.2 Å². The number of nitrogens with one attached hydrogen (secondary N) is 1. The van der Waals surface area contributed by atoms with Crippen molar-refractivity contribution >= 4 is 10.9 Å². The van der Waals surface area contributed by atoms with Crippen molar-refractivity contribution in [3.63, 3.8) is 0 Å². The molecule has 0 atom stereocenters. The molecule has 3 aromatic rings. The Morgan fingerprint density at radius 3 is 2.92 bits per heavy atom. The summed E-state index contributed by atoms with van der Waals surface area (Å²) in [5.74, 6) is 3.30. The van der Waals surface area contributed by atoms with Crippen LogP contribution in [0.25, 0.3) is 10.9 Å². The van der Waals surface area contributed by atoms with Crippen LogP contribution in [0.1, 0.15) is 37.3 Å². The first-order valence-electron chi connectivity index (χ1n) is 9.73. The van der Waals surface area contributed by atoms with Gasteiger partial charge in [-0.25, -0.2) is 0 Å². The van der Waals surface area contributed by atoms with Crippen molar-refractivity contribution in [2.75, 3.05) is 13.1 Å². The summed E-state index contributed by atoms with van der Waals surface area (Å²) in [6, 6.07) is 8.31. The molecule has 1 N–H and O–H groups in total. The second-order valence-electron chi connectivity index (χ2n) is 7.43. The van der Waals surface area contributed by atoms with Crippen molar-refractivity contribution in [1.29, 1.82) is 0 Å². The van der Waals surface area contributed by atoms with Crippen LogP contribution >= 0.6 is 0 Å². The Kier molecular flexibility index (Phi) is 4.13. The van der Waals surface area contributed by atoms with Crippen molar-refractivity contribution in [2.45, 2.75) is 51.3 Å². The predicted octanol–water partition coefficient (Wildman–Crippen LogP) is 3.14. The molecule has 2 aliphatic heterocycles. The largest absolute Gasteiger partial charge is 0.490 e. The molecule has 2 aromatic heterocycles. The van der Waals surface area contributed by atoms with Crippen molar-refractivity contribution in [3.05, 3.63) is 42.1 Å². The second-order valence-corrected chi connectivity index (χ2v) is 7.43. The smallest absolute Gasteiger partial charge is 0.147 e. The first-order valence-corrected chi connectivity index (χ1v) is 9.73. The highest BCUT2D eigenvalue weighted by molar-refractivity contribution is 5.85. The van der Waals surface area contributed by atoms with Gasteiger partial charge in [0.1, 0.15) is 23.5 Å². The third-order valence-electron chi connectivity index (χ3n) is 5.68. The molecule has 0 spiro atoms. The lowest BCUT2D eigenvalue weighted by Crippen LogP contribution is -2.38. The van der Waals surface area contributed by atoms with Gasteiger partial charge in [-0.1, -0.05) is 6.07 Å². The first kappa shape index (κ1) is 15.9. The number of aryl methyl sites for hydroxylation is 1. The molecule has 5 rings (SSSR count). The van der Waals surface area contributed by atoms with E-state index in [2.05, 4.69) is 48.9 Å². The minimum Gasteiger partial charge on any atom is -0.490 e. The number of piperidine rings is 1. The molecule has 0 saturated carbocycles. The van der Waals surface area contributed by atoms with Crippen LogP contribution in [0.4, 0.5) is 0 Å². The molecular formula is C20H25N5O. The fraction of sp³-hybridized carbons (Fsp3) is 0.500. The summed E-state index contributed by atoms with van der Waals surface area (Å²) < 4.78 is 8.65. The van der Waals surface area contributed by atoms with E-state index < -0.39 is 0 Å². The maximum Gasteiger partial charge on any atom is 0.147 e. The molecule has 0 radical (unpaired) electrons. The quantitative estimate of drug-likeness (QED) is 0.784. The van der Waals surface area contributed by atoms with Gasteiger partial charge < -0.3 is 14.3 Å². The lowest BCUT2D eigenvalue weighted by Gasteiger charge is -2.32. The highest BCUT2D eigenvalue weighted by atomic mass is 16.5. The maximum absolute atomic E-state index is 6.32. The fourth-order valence-corrected chi connectivity index (χ4v) is 4.21. The zero-order chi connectivity index (χ0) is 17.3. The van der Waals surface area contributed by atoms with Crippen LogP contribution in [-0.2, 0) is 19.5 Å². The number of H-pyrrole nitrogens is 1. The van der Waals surface area contributed by atoms with Crippen LogP contribution < -0.4 is 4.74 Å². The Bertz CT molecular complexity index is 891. The van der Waals surface area contributed by atoms with E-state index in [-0.39, 0.29) is 0 Å². The molecule has 1 aromatic carbocycles. The number of aromatic amines is 1. The van der Waals surface area contributed by atoms with E-state index >= 15 is 0 Å². The number of aromatic nitrogens is 4. The first-order chi connectivity index (χ1) is 12.9. The lowest BCUT2D eigenvalue weighted by atomic mass is 10.1. The van der Waals surface area contributed by atoms with E-state index in [4.69, 9.17) is 4.74 Å². The molecule has 4 heterocycles. The average Bonchev–Trinajstić information content (AvgIpc) is 3.31. The maximum atomic E-state index is 6.32. The summed E-state index contributed by atoms with van der Waals surface area (Å²) in [5.41, 5.74) is 1.14. The minimum atomic E-state index is 0.291. The van der Waals surface area contributed by atoms with Crippen molar-refractivity contribution in [2.24, 2.45) is 0 Å². The monoisotopic (exact) mass is 351 g/mol. The highest BCUT2D eigenvalue weighted by Crippen LogP contribution is 2.28. The summed E-state index contributed by atoms with van der Waals surface area (Å²) >= 11 is 0. The number of benzene rings is 1. The Balaban J connectivity index is 1.20. The standard InChI is InChI=1S/C20H25N5O/c1-2-11-25-19(6-1)22-23-20(25)14-24-12-8-15(9-13-24)26-18-5-3-4-17-16(18)7-10-21-17/h3-5,7,10,15,21H,1-2,6,8-9,11-14H2. The molecule has 0 amide bonds. The Morgan fingerprint density at radius 1 is 1.08 bits per heavy atom. The van der Waals surface area contributed by atoms with Gasteiger partial charge in [0.05, 0.1) is 6.54 Å². The number of fused-ring (bicyclic) bond motifs is 2. The summed E-state index contributed by atoms with van der Waals surface area (Å²) in [6.45, 7) is 4.09. The van der Waals surface area contributed by atoms with Crippen molar-refractivity contribution in [3.8, 4) is 5.75 Å². The van der Waals surface area contributed by atoms with Crippen LogP contribution in [0.2, 0.25) is 0 Å². The third-order valence-corrected chi connectivity index (χ3v) is 5.68. The Hall–Kier alpha value is -2.34. The SMILES string of the molecule is c1cc(OC2CCN(Cc3nnc4n3CCCC4)CC2)c2cc[nH]c2c1. The highest BCUT2D eigenvalue weighted by Gasteiger charge is 2.24. The van der Waals surface area contributed by atoms with Gasteiger partial charge in [-0.2, -0.15) is 0 Å². The van der Waals surface area contributed by atoms with Gasteiger partial charge in [0, 0.05) is 43.2 Å². The molecule has 1 fully saturated rings. The van der Waals surface area contributed by atoms with E-state index in [0.29, 0.717) is 6.10 Å². The zero-order valence-electron chi connectivity index (χ0n) is 15.0. The van der Waals surface area contributed by atoms with Gasteiger partial charge in [0.25, 0.3) is 0 Å². The molecule has 0 bridgehead atoms. The number of ether oxygens (including phenoxy) is 1. The van der Waals surface area contributed by atoms with Gasteiger partial charge in [-0.05, 0) is 43.9 Å². The van der Waals surface area contributed by atoms with E-state index in [1.54, 1.807) is 0 Å². The van der Waals surface area contributed by atoms with Gasteiger partial charge in [-0.3, -0.25) is 4.90 Å². The number of hydrogen-bond donors (Lipinski definition) is 1. The van der Waals surface area contributed by atoms with E-state index in [1.807, 2.05) is 6.20 Å². The van der Waals surface area contributed by atoms with E-state index in [0.717, 1.165) is 62.5 Å². The van der Waals surface area contributed by atoms with E-state index in [1.165, 1.54) is 24.1 Å². The van der Waals surface area contributed by atoms with Crippen LogP contribution in [0.5, 0.6) is 5.75 Å². The zero-order valence-corrected chi connectivity index (χ0v) is 15.0. The third kappa shape index (κ3) is 2.98. The summed E-state index contributed by atoms with van der Waals surface area (Å²) in [7, 11) is 0. The molecule has 0 aliphatic carbocycles. The Morgan fingerprint density at radius 2 is 2.00 bits per heavy atom. The van der Waals surface area contributed by atoms with Crippen molar-refractivity contribution in [1.82, 2.24) is 24.6 Å².